The number of anilines is 2. The lowest BCUT2D eigenvalue weighted by molar-refractivity contribution is -0.128. The van der Waals surface area contributed by atoms with Crippen LogP contribution in [0.15, 0.2) is 72.8 Å². The summed E-state index contributed by atoms with van der Waals surface area (Å²) in [4.78, 5) is 34.8. The number of benzene rings is 3. The number of carbonyl (C=O) groups excluding carboxylic acids is 2. The van der Waals surface area contributed by atoms with Crippen LogP contribution in [-0.2, 0) is 14.4 Å². The van der Waals surface area contributed by atoms with E-state index >= 15 is 0 Å². The van der Waals surface area contributed by atoms with Gasteiger partial charge in [-0.3, -0.25) is 14.4 Å². The average Bonchev–Trinajstić information content (AvgIpc) is 3.20. The third kappa shape index (κ3) is 3.04. The average molecular weight is 467 g/mol. The number of para-hydroxylation sites is 1. The molecule has 2 aliphatic heterocycles. The van der Waals surface area contributed by atoms with Crippen molar-refractivity contribution in [3.8, 4) is 0 Å². The van der Waals surface area contributed by atoms with Crippen LogP contribution in [0, 0.1) is 12.3 Å². The molecule has 3 aromatic rings. The van der Waals surface area contributed by atoms with Crippen molar-refractivity contribution in [3.63, 3.8) is 0 Å². The van der Waals surface area contributed by atoms with Gasteiger partial charge in [-0.1, -0.05) is 59.6 Å². The topological polar surface area (TPSA) is 49.9 Å². The molecule has 7 heteroatoms. The van der Waals surface area contributed by atoms with Gasteiger partial charge >= 0.3 is 0 Å². The molecular weight excluding hydrogens is 447 g/mol. The minimum Gasteiger partial charge on any atom is -0.273 e. The summed E-state index contributed by atoms with van der Waals surface area (Å²) >= 11 is 12.4. The fourth-order valence-electron chi connectivity index (χ4n) is 4.54. The molecule has 0 aliphatic carbocycles. The van der Waals surface area contributed by atoms with E-state index in [1.165, 1.54) is 4.90 Å². The molecule has 3 aromatic carbocycles. The number of nitrogens with zero attached hydrogens (tertiary/aromatic N) is 2. The maximum absolute atomic E-state index is 13.9. The lowest BCUT2D eigenvalue weighted by atomic mass is 9.76. The molecule has 5 rings (SSSR count). The van der Waals surface area contributed by atoms with Gasteiger partial charge < -0.3 is 0 Å². The molecule has 0 radical (unpaired) electrons. The highest BCUT2D eigenvalue weighted by Gasteiger charge is 2.68. The van der Waals surface area contributed by atoms with Crippen LogP contribution in [0.25, 0.3) is 0 Å². The SMILES string of the molecule is Cc1ccc(N2C(=O)C3ON(c4ccccc4)C(c4ccc(Cl)cc4)C3(C)C2=O)cc1Cl. The maximum Gasteiger partial charge on any atom is 0.266 e. The Labute approximate surface area is 196 Å². The number of carbonyl (C=O) groups is 2. The Morgan fingerprint density at radius 3 is 2.25 bits per heavy atom. The second kappa shape index (κ2) is 7.62. The van der Waals surface area contributed by atoms with Crippen LogP contribution < -0.4 is 9.96 Å². The van der Waals surface area contributed by atoms with Crippen molar-refractivity contribution in [3.05, 3.63) is 94.0 Å². The second-order valence-electron chi connectivity index (χ2n) is 8.30. The summed E-state index contributed by atoms with van der Waals surface area (Å²) in [6.45, 7) is 3.66. The third-order valence-electron chi connectivity index (χ3n) is 6.28. The first kappa shape index (κ1) is 21.0. The lowest BCUT2D eigenvalue weighted by Crippen LogP contribution is -2.41. The van der Waals surface area contributed by atoms with Gasteiger partial charge in [0.15, 0.2) is 6.10 Å². The molecule has 0 saturated carbocycles. The Morgan fingerprint density at radius 2 is 1.59 bits per heavy atom. The molecule has 5 nitrogen and oxygen atoms in total. The molecule has 3 unspecified atom stereocenters. The second-order valence-corrected chi connectivity index (χ2v) is 9.14. The third-order valence-corrected chi connectivity index (χ3v) is 6.94. The summed E-state index contributed by atoms with van der Waals surface area (Å²) in [5.74, 6) is -0.736. The normalized spacial score (nSPS) is 24.9. The molecule has 2 heterocycles. The molecule has 32 heavy (non-hydrogen) atoms. The van der Waals surface area contributed by atoms with E-state index in [9.17, 15) is 9.59 Å². The van der Waals surface area contributed by atoms with Gasteiger partial charge in [-0.05, 0) is 61.4 Å². The highest BCUT2D eigenvalue weighted by Crippen LogP contribution is 2.55. The first-order valence-corrected chi connectivity index (χ1v) is 11.0. The zero-order valence-electron chi connectivity index (χ0n) is 17.5. The van der Waals surface area contributed by atoms with Crippen molar-refractivity contribution < 1.29 is 14.4 Å². The Bertz CT molecular complexity index is 1220. The number of imide groups is 1. The predicted molar refractivity (Wildman–Crippen MR) is 125 cm³/mol. The molecule has 2 aliphatic rings. The number of fused-ring (bicyclic) bond motifs is 1. The first-order valence-electron chi connectivity index (χ1n) is 10.2. The number of aryl methyl sites for hydroxylation is 1. The molecule has 0 bridgehead atoms. The smallest absolute Gasteiger partial charge is 0.266 e. The van der Waals surface area contributed by atoms with E-state index in [1.54, 1.807) is 42.3 Å². The van der Waals surface area contributed by atoms with Crippen LogP contribution in [0.3, 0.4) is 0 Å². The Hall–Kier alpha value is -2.86. The van der Waals surface area contributed by atoms with Crippen molar-refractivity contribution in [2.75, 3.05) is 9.96 Å². The molecule has 162 valence electrons. The molecular formula is C25H20Cl2N2O3. The van der Waals surface area contributed by atoms with Gasteiger partial charge in [-0.15, -0.1) is 0 Å². The number of halogens is 2. The van der Waals surface area contributed by atoms with Crippen LogP contribution in [-0.4, -0.2) is 17.9 Å². The quantitative estimate of drug-likeness (QED) is 0.461. The molecule has 0 N–H and O–H groups in total. The Kier molecular flexibility index (Phi) is 5.01. The van der Waals surface area contributed by atoms with Crippen molar-refractivity contribution in [1.29, 1.82) is 0 Å². The fraction of sp³-hybridized carbons (Fsp3) is 0.200. The van der Waals surface area contributed by atoms with Gasteiger partial charge in [0.25, 0.3) is 5.91 Å². The summed E-state index contributed by atoms with van der Waals surface area (Å²) in [7, 11) is 0. The zero-order valence-corrected chi connectivity index (χ0v) is 19.0. The molecule has 2 fully saturated rings. The van der Waals surface area contributed by atoms with Crippen LogP contribution in [0.2, 0.25) is 10.0 Å². The van der Waals surface area contributed by atoms with E-state index in [-0.39, 0.29) is 5.91 Å². The van der Waals surface area contributed by atoms with Crippen LogP contribution in [0.5, 0.6) is 0 Å². The van der Waals surface area contributed by atoms with Gasteiger partial charge in [0.05, 0.1) is 17.4 Å². The van der Waals surface area contributed by atoms with E-state index in [1.807, 2.05) is 49.4 Å². The number of hydrogen-bond acceptors (Lipinski definition) is 4. The van der Waals surface area contributed by atoms with Gasteiger partial charge in [0.1, 0.15) is 5.41 Å². The van der Waals surface area contributed by atoms with Crippen LogP contribution in [0.4, 0.5) is 11.4 Å². The maximum atomic E-state index is 13.9. The number of amides is 2. The lowest BCUT2D eigenvalue weighted by Gasteiger charge is -2.32. The molecule has 3 atom stereocenters. The Morgan fingerprint density at radius 1 is 0.906 bits per heavy atom. The summed E-state index contributed by atoms with van der Waals surface area (Å²) in [6.07, 6.45) is -0.976. The van der Waals surface area contributed by atoms with E-state index in [0.717, 1.165) is 16.8 Å². The zero-order chi connectivity index (χ0) is 22.6. The molecule has 0 spiro atoms. The van der Waals surface area contributed by atoms with E-state index in [4.69, 9.17) is 28.0 Å². The van der Waals surface area contributed by atoms with E-state index in [0.29, 0.717) is 15.7 Å². The summed E-state index contributed by atoms with van der Waals surface area (Å²) < 4.78 is 0. The predicted octanol–water partition coefficient (Wildman–Crippen LogP) is 5.74. The highest BCUT2D eigenvalue weighted by atomic mass is 35.5. The van der Waals surface area contributed by atoms with Crippen molar-refractivity contribution >= 4 is 46.4 Å². The van der Waals surface area contributed by atoms with Gasteiger partial charge in [0, 0.05) is 10.0 Å². The van der Waals surface area contributed by atoms with Gasteiger partial charge in [-0.2, -0.15) is 0 Å². The van der Waals surface area contributed by atoms with Crippen LogP contribution in [0.1, 0.15) is 24.1 Å². The standard InChI is InChI=1S/C25H20Cl2N2O3/c1-15-8-13-19(14-20(15)27)28-23(30)22-25(2,24(28)31)21(16-9-11-17(26)12-10-16)29(32-22)18-6-4-3-5-7-18/h3-14,21-22H,1-2H3. The molecule has 0 aromatic heterocycles. The van der Waals surface area contributed by atoms with Crippen molar-refractivity contribution in [2.24, 2.45) is 5.41 Å². The molecule has 2 amide bonds. The van der Waals surface area contributed by atoms with Gasteiger partial charge in [0.2, 0.25) is 5.91 Å². The van der Waals surface area contributed by atoms with Crippen molar-refractivity contribution in [1.82, 2.24) is 0 Å². The summed E-state index contributed by atoms with van der Waals surface area (Å²) in [6, 6.07) is 21.4. The minimum atomic E-state index is -1.15. The summed E-state index contributed by atoms with van der Waals surface area (Å²) in [5.41, 5.74) is 1.74. The number of hydroxylamine groups is 1. The number of hydrogen-bond donors (Lipinski definition) is 0. The van der Waals surface area contributed by atoms with E-state index in [2.05, 4.69) is 0 Å². The van der Waals surface area contributed by atoms with Gasteiger partial charge in [-0.25, -0.2) is 9.96 Å². The fourth-order valence-corrected chi connectivity index (χ4v) is 4.84. The van der Waals surface area contributed by atoms with Crippen molar-refractivity contribution in [2.45, 2.75) is 26.0 Å². The number of rotatable bonds is 3. The largest absolute Gasteiger partial charge is 0.273 e. The Balaban J connectivity index is 1.64. The summed E-state index contributed by atoms with van der Waals surface area (Å²) in [5, 5.41) is 2.75. The monoisotopic (exact) mass is 466 g/mol. The molecule has 2 saturated heterocycles. The van der Waals surface area contributed by atoms with E-state index < -0.39 is 23.5 Å². The first-order chi connectivity index (χ1) is 15.3. The highest BCUT2D eigenvalue weighted by molar-refractivity contribution is 6.32. The minimum absolute atomic E-state index is 0.328. The van der Waals surface area contributed by atoms with Crippen LogP contribution >= 0.6 is 23.2 Å².